The number of anilines is 1. The van der Waals surface area contributed by atoms with Crippen molar-refractivity contribution in [3.8, 4) is 0 Å². The van der Waals surface area contributed by atoms with E-state index in [1.807, 2.05) is 18.2 Å². The molecule has 3 rings (SSSR count). The van der Waals surface area contributed by atoms with Crippen LogP contribution in [-0.4, -0.2) is 23.4 Å². The number of amides is 1. The fraction of sp³-hybridized carbons (Fsp3) is 0.462. The predicted octanol–water partition coefficient (Wildman–Crippen LogP) is 1.50. The van der Waals surface area contributed by atoms with Gasteiger partial charge in [0, 0.05) is 16.4 Å². The number of rotatable bonds is 3. The molecule has 1 unspecified atom stereocenters. The van der Waals surface area contributed by atoms with E-state index in [9.17, 15) is 9.90 Å². The van der Waals surface area contributed by atoms with E-state index in [0.29, 0.717) is 5.75 Å². The second-order valence-corrected chi connectivity index (χ2v) is 6.11. The number of nitrogens with two attached hydrogens (primary N) is 1. The van der Waals surface area contributed by atoms with Crippen LogP contribution in [0.25, 0.3) is 0 Å². The number of thioether (sulfide) groups is 1. The third-order valence-corrected chi connectivity index (χ3v) is 4.94. The van der Waals surface area contributed by atoms with Gasteiger partial charge in [0.1, 0.15) is 0 Å². The zero-order chi connectivity index (χ0) is 12.8. The van der Waals surface area contributed by atoms with Crippen molar-refractivity contribution >= 4 is 23.4 Å². The third-order valence-electron chi connectivity index (χ3n) is 3.86. The Hall–Kier alpha value is -1.04. The molecule has 0 radical (unpaired) electrons. The molecule has 1 fully saturated rings. The second-order valence-electron chi connectivity index (χ2n) is 5.09. The molecule has 4 nitrogen and oxygen atoms in total. The van der Waals surface area contributed by atoms with E-state index in [-0.39, 0.29) is 24.0 Å². The highest BCUT2D eigenvalue weighted by Gasteiger charge is 2.48. The summed E-state index contributed by atoms with van der Waals surface area (Å²) in [6.07, 6.45) is 1.95. The van der Waals surface area contributed by atoms with Crippen molar-refractivity contribution in [2.24, 2.45) is 11.1 Å². The summed E-state index contributed by atoms with van der Waals surface area (Å²) in [5.41, 5.74) is 7.93. The normalized spacial score (nSPS) is 22.0. The molecule has 1 aromatic rings. The number of hydrogen-bond donors (Lipinski definition) is 3. The van der Waals surface area contributed by atoms with Crippen LogP contribution in [0.3, 0.4) is 0 Å². The molecule has 1 saturated carbocycles. The van der Waals surface area contributed by atoms with E-state index in [4.69, 9.17) is 5.73 Å². The zero-order valence-corrected chi connectivity index (χ0v) is 10.8. The predicted molar refractivity (Wildman–Crippen MR) is 71.5 cm³/mol. The molecule has 0 spiro atoms. The molecular weight excluding hydrogens is 248 g/mol. The topological polar surface area (TPSA) is 75.3 Å². The van der Waals surface area contributed by atoms with E-state index < -0.39 is 0 Å². The van der Waals surface area contributed by atoms with Gasteiger partial charge in [-0.05, 0) is 30.5 Å². The van der Waals surface area contributed by atoms with Crippen molar-refractivity contribution in [3.05, 3.63) is 23.8 Å². The van der Waals surface area contributed by atoms with Gasteiger partial charge in [-0.15, -0.1) is 11.8 Å². The molecule has 1 aliphatic carbocycles. The van der Waals surface area contributed by atoms with Crippen LogP contribution in [0.15, 0.2) is 23.1 Å². The smallest absolute Gasteiger partial charge is 0.234 e. The minimum absolute atomic E-state index is 0.0292. The van der Waals surface area contributed by atoms with E-state index in [2.05, 4.69) is 5.32 Å². The highest BCUT2D eigenvalue weighted by Crippen LogP contribution is 2.53. The maximum atomic E-state index is 11.4. The monoisotopic (exact) mass is 264 g/mol. The van der Waals surface area contributed by atoms with Crippen LogP contribution in [-0.2, 0) is 4.79 Å². The molecule has 4 N–H and O–H groups in total. The van der Waals surface area contributed by atoms with Crippen LogP contribution in [0.2, 0.25) is 0 Å². The van der Waals surface area contributed by atoms with Gasteiger partial charge < -0.3 is 16.2 Å². The van der Waals surface area contributed by atoms with Gasteiger partial charge in [0.15, 0.2) is 0 Å². The first-order valence-corrected chi connectivity index (χ1v) is 7.06. The van der Waals surface area contributed by atoms with Gasteiger partial charge in [-0.25, -0.2) is 0 Å². The molecule has 1 amide bonds. The molecule has 0 bridgehead atoms. The molecular formula is C13H16N2O2S. The number of benzene rings is 1. The van der Waals surface area contributed by atoms with Crippen molar-refractivity contribution in [1.29, 1.82) is 0 Å². The largest absolute Gasteiger partial charge is 0.396 e. The molecule has 5 heteroatoms. The van der Waals surface area contributed by atoms with Gasteiger partial charge in [0.25, 0.3) is 0 Å². The Bertz CT molecular complexity index is 500. The van der Waals surface area contributed by atoms with Crippen LogP contribution >= 0.6 is 11.8 Å². The van der Waals surface area contributed by atoms with Crippen molar-refractivity contribution in [1.82, 2.24) is 0 Å². The Kier molecular flexibility index (Phi) is 2.84. The SMILES string of the molecule is NC(c1ccc2c(c1)NC(=O)CS2)C1(CO)CC1. The average Bonchev–Trinajstić information content (AvgIpc) is 3.18. The molecule has 2 aliphatic rings. The third kappa shape index (κ3) is 1.92. The summed E-state index contributed by atoms with van der Waals surface area (Å²) in [6, 6.07) is 5.79. The molecule has 18 heavy (non-hydrogen) atoms. The van der Waals surface area contributed by atoms with Gasteiger partial charge in [-0.2, -0.15) is 0 Å². The fourth-order valence-corrected chi connectivity index (χ4v) is 3.16. The van der Waals surface area contributed by atoms with Crippen LogP contribution in [0, 0.1) is 5.41 Å². The summed E-state index contributed by atoms with van der Waals surface area (Å²) in [5, 5.41) is 12.3. The van der Waals surface area contributed by atoms with Gasteiger partial charge in [0.05, 0.1) is 18.0 Å². The van der Waals surface area contributed by atoms with Gasteiger partial charge in [-0.3, -0.25) is 4.79 Å². The summed E-state index contributed by atoms with van der Waals surface area (Å²) in [7, 11) is 0. The van der Waals surface area contributed by atoms with Gasteiger partial charge >= 0.3 is 0 Å². The molecule has 1 aliphatic heterocycles. The van der Waals surface area contributed by atoms with E-state index in [1.165, 1.54) is 0 Å². The Morgan fingerprint density at radius 2 is 2.28 bits per heavy atom. The van der Waals surface area contributed by atoms with Crippen LogP contribution < -0.4 is 11.1 Å². The molecule has 96 valence electrons. The molecule has 1 atom stereocenters. The number of aliphatic hydroxyl groups is 1. The second kappa shape index (κ2) is 4.26. The first-order valence-electron chi connectivity index (χ1n) is 6.08. The molecule has 1 heterocycles. The summed E-state index contributed by atoms with van der Waals surface area (Å²) < 4.78 is 0. The lowest BCUT2D eigenvalue weighted by molar-refractivity contribution is -0.113. The van der Waals surface area contributed by atoms with Crippen molar-refractivity contribution in [3.63, 3.8) is 0 Å². The number of carbonyl (C=O) groups is 1. The summed E-state index contributed by atoms with van der Waals surface area (Å²) in [4.78, 5) is 12.5. The number of nitrogens with one attached hydrogen (secondary N) is 1. The Labute approximate surface area is 110 Å². The fourth-order valence-electron chi connectivity index (χ4n) is 2.38. The lowest BCUT2D eigenvalue weighted by Crippen LogP contribution is -2.26. The molecule has 0 aromatic heterocycles. The van der Waals surface area contributed by atoms with Crippen molar-refractivity contribution in [2.45, 2.75) is 23.8 Å². The summed E-state index contributed by atoms with van der Waals surface area (Å²) >= 11 is 1.54. The first-order chi connectivity index (χ1) is 8.64. The highest BCUT2D eigenvalue weighted by molar-refractivity contribution is 8.00. The Morgan fingerprint density at radius 1 is 1.50 bits per heavy atom. The highest BCUT2D eigenvalue weighted by atomic mass is 32.2. The Morgan fingerprint density at radius 3 is 2.94 bits per heavy atom. The average molecular weight is 264 g/mol. The summed E-state index contributed by atoms with van der Waals surface area (Å²) in [5.74, 6) is 0.500. The van der Waals surface area contributed by atoms with Crippen molar-refractivity contribution in [2.75, 3.05) is 17.7 Å². The van der Waals surface area contributed by atoms with E-state index in [0.717, 1.165) is 29.0 Å². The van der Waals surface area contributed by atoms with Crippen LogP contribution in [0.4, 0.5) is 5.69 Å². The van der Waals surface area contributed by atoms with E-state index >= 15 is 0 Å². The van der Waals surface area contributed by atoms with Crippen LogP contribution in [0.5, 0.6) is 0 Å². The Balaban J connectivity index is 1.90. The maximum Gasteiger partial charge on any atom is 0.234 e. The number of aliphatic hydroxyl groups excluding tert-OH is 1. The lowest BCUT2D eigenvalue weighted by atomic mass is 9.91. The standard InChI is InChI=1S/C13H16N2O2S/c14-12(13(7-16)3-4-13)8-1-2-10-9(5-8)15-11(17)6-18-10/h1-2,5,12,16H,3-4,6-7,14H2,(H,15,17). The van der Waals surface area contributed by atoms with Gasteiger partial charge in [-0.1, -0.05) is 6.07 Å². The quantitative estimate of drug-likeness (QED) is 0.773. The van der Waals surface area contributed by atoms with Crippen molar-refractivity contribution < 1.29 is 9.90 Å². The molecule has 0 saturated heterocycles. The minimum atomic E-state index is -0.156. The lowest BCUT2D eigenvalue weighted by Gasteiger charge is -2.24. The zero-order valence-electron chi connectivity index (χ0n) is 9.98. The van der Waals surface area contributed by atoms with E-state index in [1.54, 1.807) is 11.8 Å². The minimum Gasteiger partial charge on any atom is -0.396 e. The number of carbonyl (C=O) groups excluding carboxylic acids is 1. The maximum absolute atomic E-state index is 11.4. The summed E-state index contributed by atoms with van der Waals surface area (Å²) in [6.45, 7) is 0.131. The first kappa shape index (κ1) is 12.0. The molecule has 1 aromatic carbocycles. The van der Waals surface area contributed by atoms with Gasteiger partial charge in [0.2, 0.25) is 5.91 Å². The number of hydrogen-bond acceptors (Lipinski definition) is 4. The number of fused-ring (bicyclic) bond motifs is 1. The van der Waals surface area contributed by atoms with Crippen LogP contribution in [0.1, 0.15) is 24.4 Å².